The van der Waals surface area contributed by atoms with E-state index in [0.29, 0.717) is 12.0 Å². The largest absolute Gasteiger partial charge is 0.383 e. The van der Waals surface area contributed by atoms with Crippen LogP contribution < -0.4 is 5.32 Å². The van der Waals surface area contributed by atoms with Gasteiger partial charge >= 0.3 is 0 Å². The van der Waals surface area contributed by atoms with Crippen LogP contribution in [0.1, 0.15) is 34.6 Å². The lowest BCUT2D eigenvalue weighted by Gasteiger charge is -2.32. The fraction of sp³-hybridized carbons (Fsp3) is 1.00. The van der Waals surface area contributed by atoms with E-state index in [-0.39, 0.29) is 5.54 Å². The van der Waals surface area contributed by atoms with Gasteiger partial charge in [0.1, 0.15) is 0 Å². The summed E-state index contributed by atoms with van der Waals surface area (Å²) in [4.78, 5) is 2.38. The highest BCUT2D eigenvalue weighted by Gasteiger charge is 2.18. The monoisotopic (exact) mass is 230 g/mol. The third kappa shape index (κ3) is 8.08. The summed E-state index contributed by atoms with van der Waals surface area (Å²) in [6, 6.07) is 0.451. The molecule has 0 radical (unpaired) electrons. The highest BCUT2D eigenvalue weighted by atomic mass is 16.5. The van der Waals surface area contributed by atoms with Gasteiger partial charge in [0, 0.05) is 31.8 Å². The van der Waals surface area contributed by atoms with Crippen molar-refractivity contribution in [1.82, 2.24) is 10.2 Å². The van der Waals surface area contributed by atoms with Gasteiger partial charge in [0.15, 0.2) is 0 Å². The van der Waals surface area contributed by atoms with Crippen LogP contribution in [0.2, 0.25) is 0 Å². The topological polar surface area (TPSA) is 24.5 Å². The third-order valence-corrected chi connectivity index (χ3v) is 2.50. The van der Waals surface area contributed by atoms with Crippen LogP contribution >= 0.6 is 0 Å². The summed E-state index contributed by atoms with van der Waals surface area (Å²) in [5.74, 6) is 0.694. The maximum Gasteiger partial charge on any atom is 0.0630 e. The summed E-state index contributed by atoms with van der Waals surface area (Å²) < 4.78 is 5.29. The summed E-state index contributed by atoms with van der Waals surface area (Å²) in [5, 5.41) is 3.54. The van der Waals surface area contributed by atoms with E-state index in [4.69, 9.17) is 4.74 Å². The minimum Gasteiger partial charge on any atom is -0.383 e. The first-order valence-electron chi connectivity index (χ1n) is 6.20. The number of nitrogens with one attached hydrogen (secondary N) is 1. The Morgan fingerprint density at radius 3 is 2.19 bits per heavy atom. The molecule has 0 aromatic rings. The van der Waals surface area contributed by atoms with E-state index in [1.54, 1.807) is 7.11 Å². The maximum atomic E-state index is 5.29. The zero-order chi connectivity index (χ0) is 12.8. The van der Waals surface area contributed by atoms with Crippen molar-refractivity contribution in [2.45, 2.75) is 46.2 Å². The Balaban J connectivity index is 4.14. The molecule has 0 saturated carbocycles. The van der Waals surface area contributed by atoms with E-state index in [1.807, 2.05) is 0 Å². The van der Waals surface area contributed by atoms with Gasteiger partial charge in [-0.15, -0.1) is 0 Å². The Morgan fingerprint density at radius 2 is 1.81 bits per heavy atom. The average Bonchev–Trinajstić information content (AvgIpc) is 2.09. The summed E-state index contributed by atoms with van der Waals surface area (Å²) in [6.07, 6.45) is 0. The van der Waals surface area contributed by atoms with Crippen molar-refractivity contribution in [2.75, 3.05) is 33.9 Å². The molecule has 98 valence electrons. The summed E-state index contributed by atoms with van der Waals surface area (Å²) >= 11 is 0. The molecule has 0 rings (SSSR count). The van der Waals surface area contributed by atoms with Crippen molar-refractivity contribution in [2.24, 2.45) is 5.92 Å². The van der Waals surface area contributed by atoms with Gasteiger partial charge in [-0.2, -0.15) is 0 Å². The van der Waals surface area contributed by atoms with Crippen molar-refractivity contribution in [3.05, 3.63) is 0 Å². The van der Waals surface area contributed by atoms with Crippen molar-refractivity contribution in [3.8, 4) is 0 Å². The van der Waals surface area contributed by atoms with E-state index >= 15 is 0 Å². The molecule has 0 spiro atoms. The second-order valence-electron chi connectivity index (χ2n) is 6.07. The predicted molar refractivity (Wildman–Crippen MR) is 70.9 cm³/mol. The third-order valence-electron chi connectivity index (χ3n) is 2.50. The molecule has 0 fully saturated rings. The number of likely N-dealkylation sites (N-methyl/N-ethyl adjacent to an activating group) is 1. The summed E-state index contributed by atoms with van der Waals surface area (Å²) in [5.41, 5.74) is 0.171. The molecule has 0 aliphatic heterocycles. The predicted octanol–water partition coefficient (Wildman–Crippen LogP) is 1.98. The first-order valence-corrected chi connectivity index (χ1v) is 6.20. The van der Waals surface area contributed by atoms with E-state index in [0.717, 1.165) is 19.7 Å². The molecule has 0 amide bonds. The Morgan fingerprint density at radius 1 is 1.25 bits per heavy atom. The second kappa shape index (κ2) is 7.25. The zero-order valence-corrected chi connectivity index (χ0v) is 12.1. The van der Waals surface area contributed by atoms with Gasteiger partial charge < -0.3 is 10.1 Å². The van der Waals surface area contributed by atoms with Crippen LogP contribution in [-0.2, 0) is 4.74 Å². The average molecular weight is 230 g/mol. The van der Waals surface area contributed by atoms with Gasteiger partial charge in [0.05, 0.1) is 6.61 Å². The Kier molecular flexibility index (Phi) is 7.20. The fourth-order valence-electron chi connectivity index (χ4n) is 1.68. The van der Waals surface area contributed by atoms with Gasteiger partial charge in [0.25, 0.3) is 0 Å². The molecule has 1 N–H and O–H groups in total. The van der Waals surface area contributed by atoms with Crippen LogP contribution in [0.15, 0.2) is 0 Å². The number of hydrogen-bond acceptors (Lipinski definition) is 3. The zero-order valence-electron chi connectivity index (χ0n) is 12.1. The minimum absolute atomic E-state index is 0.171. The Bertz CT molecular complexity index is 175. The van der Waals surface area contributed by atoms with Crippen molar-refractivity contribution < 1.29 is 4.74 Å². The lowest BCUT2D eigenvalue weighted by Crippen LogP contribution is -2.49. The molecule has 0 aromatic carbocycles. The van der Waals surface area contributed by atoms with Crippen molar-refractivity contribution in [3.63, 3.8) is 0 Å². The number of hydrogen-bond donors (Lipinski definition) is 1. The quantitative estimate of drug-likeness (QED) is 0.724. The highest BCUT2D eigenvalue weighted by molar-refractivity contribution is 4.78. The van der Waals surface area contributed by atoms with Crippen molar-refractivity contribution >= 4 is 0 Å². The standard InChI is InChI=1S/C13H30N2O/c1-11(2)9-15(6)12(10-16-7)8-14-13(3,4)5/h11-12,14H,8-10H2,1-7H3. The molecule has 0 aliphatic rings. The molecule has 0 bridgehead atoms. The first kappa shape index (κ1) is 15.9. The first-order chi connectivity index (χ1) is 7.26. The number of methoxy groups -OCH3 is 1. The lowest BCUT2D eigenvalue weighted by atomic mass is 10.1. The highest BCUT2D eigenvalue weighted by Crippen LogP contribution is 2.05. The fourth-order valence-corrected chi connectivity index (χ4v) is 1.68. The minimum atomic E-state index is 0.171. The van der Waals surface area contributed by atoms with Gasteiger partial charge in [-0.25, -0.2) is 0 Å². The molecule has 1 unspecified atom stereocenters. The molecule has 3 heteroatoms. The SMILES string of the molecule is COCC(CNC(C)(C)C)N(C)CC(C)C. The summed E-state index contributed by atoms with van der Waals surface area (Å²) in [7, 11) is 3.95. The maximum absolute atomic E-state index is 5.29. The van der Waals surface area contributed by atoms with Crippen LogP contribution in [0.3, 0.4) is 0 Å². The number of ether oxygens (including phenoxy) is 1. The molecule has 1 atom stereocenters. The smallest absolute Gasteiger partial charge is 0.0630 e. The van der Waals surface area contributed by atoms with Crippen molar-refractivity contribution in [1.29, 1.82) is 0 Å². The van der Waals surface area contributed by atoms with E-state index < -0.39 is 0 Å². The van der Waals surface area contributed by atoms with Crippen LogP contribution in [0.5, 0.6) is 0 Å². The molecular formula is C13H30N2O. The number of nitrogens with zero attached hydrogens (tertiary/aromatic N) is 1. The van der Waals surface area contributed by atoms with Gasteiger partial charge in [-0.1, -0.05) is 13.8 Å². The van der Waals surface area contributed by atoms with Gasteiger partial charge in [-0.3, -0.25) is 4.90 Å². The van der Waals surface area contributed by atoms with Gasteiger partial charge in [-0.05, 0) is 33.7 Å². The molecule has 3 nitrogen and oxygen atoms in total. The van der Waals surface area contributed by atoms with E-state index in [9.17, 15) is 0 Å². The molecule has 16 heavy (non-hydrogen) atoms. The van der Waals surface area contributed by atoms with Crippen LogP contribution in [-0.4, -0.2) is 50.3 Å². The normalized spacial score (nSPS) is 14.8. The molecule has 0 aromatic heterocycles. The second-order valence-corrected chi connectivity index (χ2v) is 6.07. The molecule has 0 saturated heterocycles. The summed E-state index contributed by atoms with van der Waals surface area (Å²) in [6.45, 7) is 13.9. The number of rotatable bonds is 7. The molecular weight excluding hydrogens is 200 g/mol. The van der Waals surface area contributed by atoms with Gasteiger partial charge in [0.2, 0.25) is 0 Å². The molecule has 0 heterocycles. The Labute approximate surface area is 102 Å². The van der Waals surface area contributed by atoms with E-state index in [2.05, 4.69) is 51.9 Å². The van der Waals surface area contributed by atoms with Crippen LogP contribution in [0.25, 0.3) is 0 Å². The Hall–Kier alpha value is -0.120. The van der Waals surface area contributed by atoms with Crippen LogP contribution in [0, 0.1) is 5.92 Å². The van der Waals surface area contributed by atoms with Crippen LogP contribution in [0.4, 0.5) is 0 Å². The lowest BCUT2D eigenvalue weighted by molar-refractivity contribution is 0.0946. The molecule has 0 aliphatic carbocycles. The van der Waals surface area contributed by atoms with E-state index in [1.165, 1.54) is 0 Å².